The van der Waals surface area contributed by atoms with Crippen LogP contribution in [0, 0.1) is 0 Å². The highest BCUT2D eigenvalue weighted by atomic mass is 79.9. The van der Waals surface area contributed by atoms with Crippen molar-refractivity contribution in [1.82, 2.24) is 4.98 Å². The lowest BCUT2D eigenvalue weighted by molar-refractivity contribution is -0.140. The molecule has 0 radical (unpaired) electrons. The normalized spacial score (nSPS) is 11.6. The number of aromatic nitrogens is 1. The standard InChI is InChI=1S/C12H7BrF3NS/c13-8-6-10(12(14,15)16)11(17-7-8)18-9-4-2-1-3-5-9/h1-7H. The molecule has 2 rings (SSSR count). The Kier molecular flexibility index (Phi) is 3.97. The summed E-state index contributed by atoms with van der Waals surface area (Å²) in [7, 11) is 0. The van der Waals surface area contributed by atoms with E-state index in [-0.39, 0.29) is 5.03 Å². The SMILES string of the molecule is FC(F)(F)c1cc(Br)cnc1Sc1ccccc1. The van der Waals surface area contributed by atoms with Gasteiger partial charge >= 0.3 is 6.18 Å². The molecule has 0 amide bonds. The van der Waals surface area contributed by atoms with Gasteiger partial charge in [0.2, 0.25) is 0 Å². The maximum atomic E-state index is 12.9. The van der Waals surface area contributed by atoms with Crippen LogP contribution < -0.4 is 0 Å². The molecule has 1 heterocycles. The third-order valence-corrected chi connectivity index (χ3v) is 3.54. The molecule has 1 aromatic carbocycles. The quantitative estimate of drug-likeness (QED) is 0.765. The predicted octanol–water partition coefficient (Wildman–Crippen LogP) is 5.01. The summed E-state index contributed by atoms with van der Waals surface area (Å²) in [5, 5.41) is -0.0445. The molecule has 0 aliphatic carbocycles. The zero-order chi connectivity index (χ0) is 13.2. The Hall–Kier alpha value is -1.01. The van der Waals surface area contributed by atoms with Crippen molar-refractivity contribution in [2.45, 2.75) is 16.1 Å². The average Bonchev–Trinajstić information content (AvgIpc) is 2.31. The van der Waals surface area contributed by atoms with Gasteiger partial charge in [0.05, 0.1) is 5.56 Å². The third-order valence-electron chi connectivity index (χ3n) is 2.08. The number of rotatable bonds is 2. The lowest BCUT2D eigenvalue weighted by Crippen LogP contribution is -2.08. The van der Waals surface area contributed by atoms with Crippen LogP contribution >= 0.6 is 27.7 Å². The van der Waals surface area contributed by atoms with E-state index in [1.165, 1.54) is 6.20 Å². The van der Waals surface area contributed by atoms with Crippen LogP contribution in [0.1, 0.15) is 5.56 Å². The molecule has 0 aliphatic heterocycles. The van der Waals surface area contributed by atoms with Gasteiger partial charge in [-0.2, -0.15) is 13.2 Å². The molecule has 0 saturated heterocycles. The van der Waals surface area contributed by atoms with Crippen LogP contribution in [0.25, 0.3) is 0 Å². The second-order valence-electron chi connectivity index (χ2n) is 3.42. The molecule has 0 atom stereocenters. The molecule has 0 N–H and O–H groups in total. The number of alkyl halides is 3. The molecule has 0 fully saturated rings. The summed E-state index contributed by atoms with van der Waals surface area (Å²) in [6, 6.07) is 9.88. The number of nitrogens with zero attached hydrogens (tertiary/aromatic N) is 1. The molecule has 94 valence electrons. The minimum absolute atomic E-state index is 0.0445. The van der Waals surface area contributed by atoms with Crippen LogP contribution in [0.3, 0.4) is 0 Å². The van der Waals surface area contributed by atoms with Crippen molar-refractivity contribution in [2.24, 2.45) is 0 Å². The van der Waals surface area contributed by atoms with E-state index < -0.39 is 11.7 Å². The molecule has 0 bridgehead atoms. The van der Waals surface area contributed by atoms with Crippen LogP contribution in [0.2, 0.25) is 0 Å². The Bertz CT molecular complexity index is 543. The first-order valence-electron chi connectivity index (χ1n) is 4.92. The lowest BCUT2D eigenvalue weighted by atomic mass is 10.3. The first-order valence-corrected chi connectivity index (χ1v) is 6.53. The molecule has 0 spiro atoms. The Labute approximate surface area is 115 Å². The van der Waals surface area contributed by atoms with Gasteiger partial charge in [-0.25, -0.2) is 4.98 Å². The van der Waals surface area contributed by atoms with Crippen molar-refractivity contribution in [1.29, 1.82) is 0 Å². The highest BCUT2D eigenvalue weighted by molar-refractivity contribution is 9.10. The van der Waals surface area contributed by atoms with Crippen LogP contribution in [0.15, 0.2) is 57.0 Å². The van der Waals surface area contributed by atoms with E-state index in [2.05, 4.69) is 20.9 Å². The first kappa shape index (κ1) is 13.4. The highest BCUT2D eigenvalue weighted by Gasteiger charge is 2.34. The summed E-state index contributed by atoms with van der Waals surface area (Å²) in [6.07, 6.45) is -3.05. The summed E-state index contributed by atoms with van der Waals surface area (Å²) in [4.78, 5) is 4.56. The van der Waals surface area contributed by atoms with E-state index in [0.29, 0.717) is 4.47 Å². The predicted molar refractivity (Wildman–Crippen MR) is 67.5 cm³/mol. The Balaban J connectivity index is 2.39. The smallest absolute Gasteiger partial charge is 0.248 e. The number of benzene rings is 1. The van der Waals surface area contributed by atoms with E-state index in [9.17, 15) is 13.2 Å². The van der Waals surface area contributed by atoms with E-state index in [1.54, 1.807) is 24.3 Å². The number of pyridine rings is 1. The van der Waals surface area contributed by atoms with Crippen LogP contribution in [-0.4, -0.2) is 4.98 Å². The zero-order valence-corrected chi connectivity index (χ0v) is 11.3. The molecule has 0 saturated carbocycles. The van der Waals surface area contributed by atoms with Crippen molar-refractivity contribution in [3.8, 4) is 0 Å². The van der Waals surface area contributed by atoms with Gasteiger partial charge in [0.1, 0.15) is 5.03 Å². The molecule has 18 heavy (non-hydrogen) atoms. The van der Waals surface area contributed by atoms with E-state index in [0.717, 1.165) is 22.7 Å². The topological polar surface area (TPSA) is 12.9 Å². The minimum atomic E-state index is -4.41. The van der Waals surface area contributed by atoms with Crippen LogP contribution in [-0.2, 0) is 6.18 Å². The van der Waals surface area contributed by atoms with Gasteiger partial charge in [0, 0.05) is 15.6 Å². The van der Waals surface area contributed by atoms with E-state index in [1.807, 2.05) is 6.07 Å². The number of hydrogen-bond acceptors (Lipinski definition) is 2. The van der Waals surface area contributed by atoms with E-state index >= 15 is 0 Å². The maximum absolute atomic E-state index is 12.9. The maximum Gasteiger partial charge on any atom is 0.419 e. The fourth-order valence-electron chi connectivity index (χ4n) is 1.31. The second kappa shape index (κ2) is 5.32. The van der Waals surface area contributed by atoms with Crippen molar-refractivity contribution in [3.63, 3.8) is 0 Å². The van der Waals surface area contributed by atoms with Gasteiger partial charge in [0.25, 0.3) is 0 Å². The first-order chi connectivity index (χ1) is 8.47. The van der Waals surface area contributed by atoms with Crippen molar-refractivity contribution in [2.75, 3.05) is 0 Å². The molecule has 1 nitrogen and oxygen atoms in total. The summed E-state index contributed by atoms with van der Waals surface area (Å²) in [6.45, 7) is 0. The van der Waals surface area contributed by atoms with Crippen LogP contribution in [0.5, 0.6) is 0 Å². The second-order valence-corrected chi connectivity index (χ2v) is 5.40. The van der Waals surface area contributed by atoms with Gasteiger partial charge in [-0.05, 0) is 34.1 Å². The minimum Gasteiger partial charge on any atom is -0.248 e. The van der Waals surface area contributed by atoms with Gasteiger partial charge in [-0.15, -0.1) is 0 Å². The molecule has 0 aliphatic rings. The Morgan fingerprint density at radius 2 is 1.78 bits per heavy atom. The van der Waals surface area contributed by atoms with Crippen molar-refractivity contribution in [3.05, 3.63) is 52.6 Å². The molecular weight excluding hydrogens is 327 g/mol. The fourth-order valence-corrected chi connectivity index (χ4v) is 2.55. The number of hydrogen-bond donors (Lipinski definition) is 0. The average molecular weight is 334 g/mol. The highest BCUT2D eigenvalue weighted by Crippen LogP contribution is 2.39. The zero-order valence-electron chi connectivity index (χ0n) is 8.91. The lowest BCUT2D eigenvalue weighted by Gasteiger charge is -2.11. The molecule has 2 aromatic rings. The molecule has 0 unspecified atom stereocenters. The summed E-state index contributed by atoms with van der Waals surface area (Å²) in [5.41, 5.74) is -0.731. The monoisotopic (exact) mass is 333 g/mol. The van der Waals surface area contributed by atoms with Gasteiger partial charge < -0.3 is 0 Å². The molecule has 6 heteroatoms. The Morgan fingerprint density at radius 1 is 1.11 bits per heavy atom. The van der Waals surface area contributed by atoms with Gasteiger partial charge in [0.15, 0.2) is 0 Å². The fraction of sp³-hybridized carbons (Fsp3) is 0.0833. The van der Waals surface area contributed by atoms with Crippen molar-refractivity contribution >= 4 is 27.7 Å². The summed E-state index contributed by atoms with van der Waals surface area (Å²) >= 11 is 4.00. The van der Waals surface area contributed by atoms with Gasteiger partial charge in [-0.1, -0.05) is 30.0 Å². The molecule has 1 aromatic heterocycles. The van der Waals surface area contributed by atoms with E-state index in [4.69, 9.17) is 0 Å². The summed E-state index contributed by atoms with van der Waals surface area (Å²) < 4.78 is 38.9. The van der Waals surface area contributed by atoms with Crippen LogP contribution in [0.4, 0.5) is 13.2 Å². The Morgan fingerprint density at radius 3 is 2.39 bits per heavy atom. The van der Waals surface area contributed by atoms with Gasteiger partial charge in [-0.3, -0.25) is 0 Å². The number of halogens is 4. The molecular formula is C12H7BrF3NS. The largest absolute Gasteiger partial charge is 0.419 e. The van der Waals surface area contributed by atoms with Crippen molar-refractivity contribution < 1.29 is 13.2 Å². The summed E-state index contributed by atoms with van der Waals surface area (Å²) in [5.74, 6) is 0. The third kappa shape index (κ3) is 3.26.